The molecule has 0 saturated carbocycles. The zero-order valence-corrected chi connectivity index (χ0v) is 9.37. The van der Waals surface area contributed by atoms with Crippen LogP contribution in [-0.2, 0) is 6.54 Å². The number of hydrogen-bond donors (Lipinski definition) is 3. The molecular formula is C12H15N3O2. The van der Waals surface area contributed by atoms with Crippen molar-refractivity contribution in [2.45, 2.75) is 18.8 Å². The van der Waals surface area contributed by atoms with Crippen LogP contribution in [0.1, 0.15) is 11.1 Å². The van der Waals surface area contributed by atoms with E-state index in [0.717, 1.165) is 11.3 Å². The van der Waals surface area contributed by atoms with Crippen molar-refractivity contribution in [1.29, 1.82) is 5.26 Å². The minimum absolute atomic E-state index is 0.345. The van der Waals surface area contributed by atoms with Crippen molar-refractivity contribution in [2.24, 2.45) is 5.73 Å². The number of benzene rings is 1. The molecule has 17 heavy (non-hydrogen) atoms. The molecule has 4 N–H and O–H groups in total. The first-order chi connectivity index (χ1) is 8.15. The second-order valence-corrected chi connectivity index (χ2v) is 4.21. The Hall–Kier alpha value is -1.61. The highest BCUT2D eigenvalue weighted by Crippen LogP contribution is 2.25. The molecule has 2 unspecified atom stereocenters. The summed E-state index contributed by atoms with van der Waals surface area (Å²) in [5, 5.41) is 28.1. The van der Waals surface area contributed by atoms with Gasteiger partial charge in [-0.25, -0.2) is 0 Å². The van der Waals surface area contributed by atoms with Crippen LogP contribution in [0.15, 0.2) is 18.2 Å². The monoisotopic (exact) mass is 233 g/mol. The van der Waals surface area contributed by atoms with Gasteiger partial charge in [-0.15, -0.1) is 0 Å². The molecule has 1 heterocycles. The maximum absolute atomic E-state index is 9.50. The topological polar surface area (TPSA) is 93.5 Å². The van der Waals surface area contributed by atoms with Crippen molar-refractivity contribution in [3.8, 4) is 6.07 Å². The molecule has 5 heteroatoms. The van der Waals surface area contributed by atoms with Gasteiger partial charge in [-0.2, -0.15) is 5.26 Å². The van der Waals surface area contributed by atoms with E-state index >= 15 is 0 Å². The number of nitriles is 1. The Labute approximate surface area is 99.7 Å². The van der Waals surface area contributed by atoms with Crippen LogP contribution in [0.25, 0.3) is 0 Å². The lowest BCUT2D eigenvalue weighted by atomic mass is 10.1. The van der Waals surface area contributed by atoms with Gasteiger partial charge in [-0.1, -0.05) is 6.07 Å². The van der Waals surface area contributed by atoms with Gasteiger partial charge in [0, 0.05) is 19.6 Å². The summed E-state index contributed by atoms with van der Waals surface area (Å²) >= 11 is 0. The fraction of sp³-hybridized carbons (Fsp3) is 0.417. The zero-order chi connectivity index (χ0) is 12.4. The molecule has 0 amide bonds. The number of nitrogens with two attached hydrogens (primary N) is 1. The fourth-order valence-corrected chi connectivity index (χ4v) is 2.04. The van der Waals surface area contributed by atoms with Gasteiger partial charge < -0.3 is 20.8 Å². The Kier molecular flexibility index (Phi) is 3.29. The third-order valence-electron chi connectivity index (χ3n) is 3.02. The van der Waals surface area contributed by atoms with Gasteiger partial charge in [0.25, 0.3) is 0 Å². The van der Waals surface area contributed by atoms with Crippen LogP contribution in [0.3, 0.4) is 0 Å². The minimum Gasteiger partial charge on any atom is -0.389 e. The number of anilines is 1. The molecule has 1 aliphatic heterocycles. The molecule has 2 rings (SSSR count). The van der Waals surface area contributed by atoms with E-state index in [4.69, 9.17) is 11.0 Å². The van der Waals surface area contributed by atoms with Gasteiger partial charge in [-0.05, 0) is 17.7 Å². The predicted molar refractivity (Wildman–Crippen MR) is 63.3 cm³/mol. The standard InChI is InChI=1S/C12H15N3O2/c13-4-8-1-2-10(9(3-8)5-14)15-6-11(16)12(17)7-15/h1-3,11-12,16-17H,4,6-7,13H2. The summed E-state index contributed by atoms with van der Waals surface area (Å²) in [6, 6.07) is 7.52. The lowest BCUT2D eigenvalue weighted by molar-refractivity contribution is 0.0572. The molecule has 0 bridgehead atoms. The molecule has 0 aliphatic carbocycles. The van der Waals surface area contributed by atoms with E-state index in [1.165, 1.54) is 0 Å². The molecule has 90 valence electrons. The van der Waals surface area contributed by atoms with Gasteiger partial charge in [0.15, 0.2) is 0 Å². The molecule has 0 radical (unpaired) electrons. The van der Waals surface area contributed by atoms with Crippen LogP contribution in [0.2, 0.25) is 0 Å². The highest BCUT2D eigenvalue weighted by Gasteiger charge is 2.30. The minimum atomic E-state index is -0.754. The summed E-state index contributed by atoms with van der Waals surface area (Å²) in [6.07, 6.45) is -1.51. The van der Waals surface area contributed by atoms with Gasteiger partial charge in [0.1, 0.15) is 6.07 Å². The quantitative estimate of drug-likeness (QED) is 0.644. The number of aliphatic hydroxyl groups excluding tert-OH is 2. The Morgan fingerprint density at radius 2 is 2.00 bits per heavy atom. The Balaban J connectivity index is 2.30. The average Bonchev–Trinajstić information content (AvgIpc) is 2.68. The molecule has 1 aromatic rings. The molecule has 1 saturated heterocycles. The van der Waals surface area contributed by atoms with E-state index in [1.54, 1.807) is 6.07 Å². The summed E-state index contributed by atoms with van der Waals surface area (Å²) in [6.45, 7) is 1.08. The van der Waals surface area contributed by atoms with Crippen molar-refractivity contribution < 1.29 is 10.2 Å². The molecular weight excluding hydrogens is 218 g/mol. The SMILES string of the molecule is N#Cc1cc(CN)ccc1N1CC(O)C(O)C1. The summed E-state index contributed by atoms with van der Waals surface area (Å²) in [7, 11) is 0. The van der Waals surface area contributed by atoms with Crippen molar-refractivity contribution in [2.75, 3.05) is 18.0 Å². The first-order valence-corrected chi connectivity index (χ1v) is 5.50. The van der Waals surface area contributed by atoms with E-state index in [0.29, 0.717) is 25.2 Å². The zero-order valence-electron chi connectivity index (χ0n) is 9.37. The van der Waals surface area contributed by atoms with Crippen LogP contribution >= 0.6 is 0 Å². The van der Waals surface area contributed by atoms with Crippen LogP contribution in [0, 0.1) is 11.3 Å². The highest BCUT2D eigenvalue weighted by molar-refractivity contribution is 5.61. The first kappa shape index (κ1) is 11.9. The van der Waals surface area contributed by atoms with E-state index < -0.39 is 12.2 Å². The molecule has 1 aromatic carbocycles. The van der Waals surface area contributed by atoms with E-state index in [1.807, 2.05) is 17.0 Å². The Morgan fingerprint density at radius 3 is 2.53 bits per heavy atom. The molecule has 1 fully saturated rings. The van der Waals surface area contributed by atoms with Crippen LogP contribution in [0.5, 0.6) is 0 Å². The number of nitrogens with zero attached hydrogens (tertiary/aromatic N) is 2. The van der Waals surface area contributed by atoms with Gasteiger partial charge in [0.2, 0.25) is 0 Å². The van der Waals surface area contributed by atoms with Crippen molar-refractivity contribution >= 4 is 5.69 Å². The smallest absolute Gasteiger partial charge is 0.101 e. The van der Waals surface area contributed by atoms with E-state index in [2.05, 4.69) is 6.07 Å². The lowest BCUT2D eigenvalue weighted by Crippen LogP contribution is -2.22. The van der Waals surface area contributed by atoms with Gasteiger partial charge >= 0.3 is 0 Å². The van der Waals surface area contributed by atoms with Crippen LogP contribution in [0.4, 0.5) is 5.69 Å². The summed E-state index contributed by atoms with van der Waals surface area (Å²) in [4.78, 5) is 1.81. The van der Waals surface area contributed by atoms with Crippen LogP contribution < -0.4 is 10.6 Å². The highest BCUT2D eigenvalue weighted by atomic mass is 16.3. The Morgan fingerprint density at radius 1 is 1.35 bits per heavy atom. The lowest BCUT2D eigenvalue weighted by Gasteiger charge is -2.19. The summed E-state index contributed by atoms with van der Waals surface area (Å²) in [5.74, 6) is 0. The Bertz CT molecular complexity index is 446. The fourth-order valence-electron chi connectivity index (χ4n) is 2.04. The molecule has 2 atom stereocenters. The summed E-state index contributed by atoms with van der Waals surface area (Å²) in [5.41, 5.74) is 7.67. The molecule has 5 nitrogen and oxygen atoms in total. The van der Waals surface area contributed by atoms with E-state index in [9.17, 15) is 10.2 Å². The molecule has 0 aromatic heterocycles. The van der Waals surface area contributed by atoms with Crippen molar-refractivity contribution in [3.05, 3.63) is 29.3 Å². The predicted octanol–water partition coefficient (Wildman–Crippen LogP) is -0.441. The van der Waals surface area contributed by atoms with Gasteiger partial charge in [-0.3, -0.25) is 0 Å². The van der Waals surface area contributed by atoms with Crippen LogP contribution in [-0.4, -0.2) is 35.5 Å². The third-order valence-corrected chi connectivity index (χ3v) is 3.02. The maximum atomic E-state index is 9.50. The average molecular weight is 233 g/mol. The first-order valence-electron chi connectivity index (χ1n) is 5.50. The second kappa shape index (κ2) is 4.72. The maximum Gasteiger partial charge on any atom is 0.101 e. The van der Waals surface area contributed by atoms with E-state index in [-0.39, 0.29) is 0 Å². The van der Waals surface area contributed by atoms with Gasteiger partial charge in [0.05, 0.1) is 23.5 Å². The van der Waals surface area contributed by atoms with Crippen molar-refractivity contribution in [1.82, 2.24) is 0 Å². The number of hydrogen-bond acceptors (Lipinski definition) is 5. The number of β-amino-alcohol motifs (C(OH)–C–C–N with tert-alkyl or cyclic N) is 2. The molecule has 0 spiro atoms. The van der Waals surface area contributed by atoms with Crippen molar-refractivity contribution in [3.63, 3.8) is 0 Å². The molecule has 1 aliphatic rings. The number of rotatable bonds is 2. The largest absolute Gasteiger partial charge is 0.389 e. The summed E-state index contributed by atoms with van der Waals surface area (Å²) < 4.78 is 0. The second-order valence-electron chi connectivity index (χ2n) is 4.21. The number of aliphatic hydroxyl groups is 2. The third kappa shape index (κ3) is 2.24. The normalized spacial score (nSPS) is 23.8.